The Morgan fingerprint density at radius 3 is 3.21 bits per heavy atom. The Kier molecular flexibility index (Phi) is 3.80. The van der Waals surface area contributed by atoms with Gasteiger partial charge in [0.25, 0.3) is 0 Å². The molecule has 0 bridgehead atoms. The van der Waals surface area contributed by atoms with E-state index in [0.29, 0.717) is 30.6 Å². The second-order valence-electron chi connectivity index (χ2n) is 6.55. The van der Waals surface area contributed by atoms with Crippen LogP contribution in [0.5, 0.6) is 0 Å². The Morgan fingerprint density at radius 2 is 2.33 bits per heavy atom. The van der Waals surface area contributed by atoms with E-state index in [-0.39, 0.29) is 14.7 Å². The van der Waals surface area contributed by atoms with Gasteiger partial charge in [-0.1, -0.05) is 12.2 Å². The standard InChI is InChI=1S/C18H20N4O2.2H2/c23-16-6-7-19-15-8-12(9-20-18(15)21-16)4-5-17(24)22-10-13-2-1-3-14(13)11-22;;/h1-2,4-5,8-9,13-14,19H,3,6-7,10-11H2,(H,20,21,23);2*1H/b5-4+;;/t13-,14+;;/m0../s1. The molecule has 1 aromatic heterocycles. The Labute approximate surface area is 143 Å². The van der Waals surface area contributed by atoms with E-state index in [0.717, 1.165) is 30.8 Å². The van der Waals surface area contributed by atoms with E-state index in [1.54, 1.807) is 18.3 Å². The van der Waals surface area contributed by atoms with Crippen LogP contribution in [0.2, 0.25) is 0 Å². The van der Waals surface area contributed by atoms with Crippen molar-refractivity contribution in [2.24, 2.45) is 11.8 Å². The maximum absolute atomic E-state index is 12.4. The predicted octanol–water partition coefficient (Wildman–Crippen LogP) is 2.38. The summed E-state index contributed by atoms with van der Waals surface area (Å²) in [5.74, 6) is 1.68. The fourth-order valence-corrected chi connectivity index (χ4v) is 3.56. The molecule has 24 heavy (non-hydrogen) atoms. The number of hydrogen-bond donors (Lipinski definition) is 2. The van der Waals surface area contributed by atoms with Gasteiger partial charge >= 0.3 is 0 Å². The molecule has 2 amide bonds. The molecule has 2 aliphatic heterocycles. The zero-order valence-electron chi connectivity index (χ0n) is 13.4. The summed E-state index contributed by atoms with van der Waals surface area (Å²) in [4.78, 5) is 30.1. The van der Waals surface area contributed by atoms with Gasteiger partial charge in [-0.3, -0.25) is 9.59 Å². The molecular weight excluding hydrogens is 304 g/mol. The first-order valence-electron chi connectivity index (χ1n) is 8.36. The maximum atomic E-state index is 12.4. The summed E-state index contributed by atoms with van der Waals surface area (Å²) in [6, 6.07) is 1.90. The summed E-state index contributed by atoms with van der Waals surface area (Å²) in [5, 5.41) is 5.95. The van der Waals surface area contributed by atoms with Gasteiger partial charge in [-0.25, -0.2) is 4.98 Å². The molecule has 1 saturated heterocycles. The van der Waals surface area contributed by atoms with Crippen molar-refractivity contribution >= 4 is 29.4 Å². The third kappa shape index (κ3) is 2.91. The molecule has 0 radical (unpaired) electrons. The topological polar surface area (TPSA) is 74.3 Å². The highest BCUT2D eigenvalue weighted by Crippen LogP contribution is 2.32. The molecule has 1 aliphatic carbocycles. The van der Waals surface area contributed by atoms with Gasteiger partial charge in [0.2, 0.25) is 11.8 Å². The first-order chi connectivity index (χ1) is 11.7. The van der Waals surface area contributed by atoms with Crippen molar-refractivity contribution in [1.29, 1.82) is 0 Å². The number of aromatic nitrogens is 1. The number of hydrogen-bond acceptors (Lipinski definition) is 4. The van der Waals surface area contributed by atoms with Crippen molar-refractivity contribution < 1.29 is 12.4 Å². The van der Waals surface area contributed by atoms with Gasteiger partial charge in [-0.2, -0.15) is 0 Å². The van der Waals surface area contributed by atoms with Crippen LogP contribution in [0, 0.1) is 11.8 Å². The highest BCUT2D eigenvalue weighted by Gasteiger charge is 2.34. The molecule has 2 N–H and O–H groups in total. The molecule has 0 saturated carbocycles. The normalized spacial score (nSPS) is 25.2. The number of fused-ring (bicyclic) bond motifs is 2. The number of likely N-dealkylation sites (tertiary alicyclic amines) is 1. The number of carbonyl (C=O) groups is 2. The quantitative estimate of drug-likeness (QED) is 0.646. The van der Waals surface area contributed by atoms with Crippen molar-refractivity contribution in [3.8, 4) is 0 Å². The number of pyridine rings is 1. The smallest absolute Gasteiger partial charge is 0.246 e. The molecule has 0 unspecified atom stereocenters. The number of carbonyl (C=O) groups excluding carboxylic acids is 2. The van der Waals surface area contributed by atoms with Crippen LogP contribution in [0.4, 0.5) is 11.5 Å². The van der Waals surface area contributed by atoms with Crippen molar-refractivity contribution in [3.63, 3.8) is 0 Å². The molecule has 3 heterocycles. The zero-order chi connectivity index (χ0) is 16.5. The summed E-state index contributed by atoms with van der Waals surface area (Å²) < 4.78 is 0. The third-order valence-corrected chi connectivity index (χ3v) is 4.88. The van der Waals surface area contributed by atoms with Crippen molar-refractivity contribution in [1.82, 2.24) is 9.88 Å². The average molecular weight is 328 g/mol. The van der Waals surface area contributed by atoms with Crippen LogP contribution >= 0.6 is 0 Å². The zero-order valence-corrected chi connectivity index (χ0v) is 13.4. The van der Waals surface area contributed by atoms with E-state index in [9.17, 15) is 9.59 Å². The van der Waals surface area contributed by atoms with E-state index >= 15 is 0 Å². The molecule has 6 nitrogen and oxygen atoms in total. The maximum Gasteiger partial charge on any atom is 0.246 e. The molecule has 2 atom stereocenters. The lowest BCUT2D eigenvalue weighted by molar-refractivity contribution is -0.125. The molecule has 0 aromatic carbocycles. The molecule has 6 heteroatoms. The SMILES string of the molecule is O=C1CCNc2cc(/C=C/C(=O)N3C[C@H]4CC=C[C@H]4C3)cnc2N1.[HH].[HH]. The molecule has 1 aromatic rings. The van der Waals surface area contributed by atoms with Crippen LogP contribution in [0.15, 0.2) is 30.5 Å². The van der Waals surface area contributed by atoms with E-state index in [2.05, 4.69) is 27.8 Å². The minimum absolute atomic E-state index is 0. The third-order valence-electron chi connectivity index (χ3n) is 4.88. The fraction of sp³-hybridized carbons (Fsp3) is 0.389. The minimum atomic E-state index is -0.0409. The number of amides is 2. The van der Waals surface area contributed by atoms with Gasteiger partial charge in [-0.15, -0.1) is 0 Å². The molecule has 3 aliphatic rings. The van der Waals surface area contributed by atoms with Crippen molar-refractivity contribution in [3.05, 3.63) is 36.1 Å². The molecule has 128 valence electrons. The molecule has 4 rings (SSSR count). The van der Waals surface area contributed by atoms with Crippen LogP contribution < -0.4 is 10.6 Å². The van der Waals surface area contributed by atoms with Crippen LogP contribution in [-0.4, -0.2) is 41.3 Å². The van der Waals surface area contributed by atoms with E-state index < -0.39 is 0 Å². The average Bonchev–Trinajstić information content (AvgIpc) is 3.11. The fourth-order valence-electron chi connectivity index (χ4n) is 3.56. The van der Waals surface area contributed by atoms with Gasteiger partial charge in [-0.05, 0) is 36.0 Å². The number of allylic oxidation sites excluding steroid dienone is 1. The summed E-state index contributed by atoms with van der Waals surface area (Å²) in [6.45, 7) is 2.24. The second kappa shape index (κ2) is 6.11. The number of nitrogens with zero attached hydrogens (tertiary/aromatic N) is 2. The van der Waals surface area contributed by atoms with Crippen LogP contribution in [-0.2, 0) is 9.59 Å². The Hall–Kier alpha value is -2.63. The van der Waals surface area contributed by atoms with Gasteiger partial charge in [0.1, 0.15) is 0 Å². The van der Waals surface area contributed by atoms with E-state index in [1.807, 2.05) is 11.0 Å². The van der Waals surface area contributed by atoms with Gasteiger partial charge in [0.15, 0.2) is 5.82 Å². The number of anilines is 2. The Bertz CT molecular complexity index is 751. The lowest BCUT2D eigenvalue weighted by Crippen LogP contribution is -2.27. The molecule has 0 spiro atoms. The largest absolute Gasteiger partial charge is 0.382 e. The van der Waals surface area contributed by atoms with Crippen LogP contribution in [0.3, 0.4) is 0 Å². The van der Waals surface area contributed by atoms with E-state index in [4.69, 9.17) is 0 Å². The summed E-state index contributed by atoms with van der Waals surface area (Å²) in [7, 11) is 0. The number of rotatable bonds is 2. The summed E-state index contributed by atoms with van der Waals surface area (Å²) in [5.41, 5.74) is 1.63. The summed E-state index contributed by atoms with van der Waals surface area (Å²) >= 11 is 0. The lowest BCUT2D eigenvalue weighted by Gasteiger charge is -2.14. The first-order valence-corrected chi connectivity index (χ1v) is 8.36. The first kappa shape index (κ1) is 14.9. The predicted molar refractivity (Wildman–Crippen MR) is 96.6 cm³/mol. The number of nitrogens with one attached hydrogen (secondary N) is 2. The molecular formula is C18H24N4O2. The van der Waals surface area contributed by atoms with Gasteiger partial charge in [0, 0.05) is 41.2 Å². The lowest BCUT2D eigenvalue weighted by atomic mass is 10.0. The second-order valence-corrected chi connectivity index (χ2v) is 6.55. The van der Waals surface area contributed by atoms with Gasteiger partial charge in [0.05, 0.1) is 5.69 Å². The van der Waals surface area contributed by atoms with Crippen molar-refractivity contribution in [2.75, 3.05) is 30.3 Å². The van der Waals surface area contributed by atoms with E-state index in [1.165, 1.54) is 0 Å². The van der Waals surface area contributed by atoms with Gasteiger partial charge < -0.3 is 15.5 Å². The monoisotopic (exact) mass is 328 g/mol. The van der Waals surface area contributed by atoms with Crippen LogP contribution in [0.25, 0.3) is 6.08 Å². The highest BCUT2D eigenvalue weighted by atomic mass is 16.2. The Balaban J connectivity index is 0.00000121. The minimum Gasteiger partial charge on any atom is -0.382 e. The summed E-state index contributed by atoms with van der Waals surface area (Å²) in [6.07, 6.45) is 11.0. The molecule has 1 fully saturated rings. The van der Waals surface area contributed by atoms with Crippen molar-refractivity contribution in [2.45, 2.75) is 12.8 Å². The highest BCUT2D eigenvalue weighted by molar-refractivity contribution is 5.95. The van der Waals surface area contributed by atoms with Crippen LogP contribution in [0.1, 0.15) is 21.3 Å². The Morgan fingerprint density at radius 1 is 1.42 bits per heavy atom.